The van der Waals surface area contributed by atoms with Crippen LogP contribution in [0.1, 0.15) is 29.5 Å². The van der Waals surface area contributed by atoms with E-state index >= 15 is 0 Å². The molecule has 1 aliphatic heterocycles. The molecule has 2 N–H and O–H groups in total. The van der Waals surface area contributed by atoms with E-state index in [1.165, 1.54) is 20.0 Å². The number of benzene rings is 2. The molecular formula is C25H25NO3. The summed E-state index contributed by atoms with van der Waals surface area (Å²) >= 11 is 0. The Labute approximate surface area is 170 Å². The van der Waals surface area contributed by atoms with Crippen LogP contribution in [-0.4, -0.2) is 24.2 Å². The van der Waals surface area contributed by atoms with E-state index in [0.717, 1.165) is 11.5 Å². The summed E-state index contributed by atoms with van der Waals surface area (Å²) in [4.78, 5) is 12.6. The van der Waals surface area contributed by atoms with Gasteiger partial charge in [-0.2, -0.15) is 0 Å². The van der Waals surface area contributed by atoms with Gasteiger partial charge < -0.3 is 15.2 Å². The molecule has 1 saturated carbocycles. The molecule has 2 aromatic carbocycles. The molecule has 0 spiro atoms. The lowest BCUT2D eigenvalue weighted by Gasteiger charge is -2.40. The Morgan fingerprint density at radius 3 is 2.66 bits per heavy atom. The van der Waals surface area contributed by atoms with E-state index in [9.17, 15) is 9.90 Å². The Morgan fingerprint density at radius 1 is 1.14 bits per heavy atom. The van der Waals surface area contributed by atoms with Crippen molar-refractivity contribution in [3.05, 3.63) is 83.4 Å². The minimum absolute atomic E-state index is 0.344. The summed E-state index contributed by atoms with van der Waals surface area (Å²) in [5.74, 6) is 1.63. The van der Waals surface area contributed by atoms with Crippen molar-refractivity contribution in [2.75, 3.05) is 12.4 Å². The molecule has 4 nitrogen and oxygen atoms in total. The van der Waals surface area contributed by atoms with Crippen LogP contribution in [0.3, 0.4) is 0 Å². The van der Waals surface area contributed by atoms with Crippen LogP contribution >= 0.6 is 0 Å². The summed E-state index contributed by atoms with van der Waals surface area (Å²) < 4.78 is 5.46. The summed E-state index contributed by atoms with van der Waals surface area (Å²) in [5.41, 5.74) is 1.38. The third-order valence-corrected chi connectivity index (χ3v) is 6.65. The van der Waals surface area contributed by atoms with E-state index in [4.69, 9.17) is 4.74 Å². The first kappa shape index (κ1) is 18.3. The number of methoxy groups -OCH3 is 1. The molecule has 0 radical (unpaired) electrons. The van der Waals surface area contributed by atoms with Crippen molar-refractivity contribution in [2.24, 2.45) is 17.8 Å². The minimum Gasteiger partial charge on any atom is -0.377 e. The van der Waals surface area contributed by atoms with Gasteiger partial charge >= 0.3 is 0 Å². The summed E-state index contributed by atoms with van der Waals surface area (Å²) in [7, 11) is 1.45. The lowest BCUT2D eigenvalue weighted by molar-refractivity contribution is -0.142. The Morgan fingerprint density at radius 2 is 1.97 bits per heavy atom. The zero-order valence-electron chi connectivity index (χ0n) is 16.4. The molecule has 0 aromatic heterocycles. The van der Waals surface area contributed by atoms with Crippen LogP contribution in [-0.2, 0) is 15.1 Å². The second kappa shape index (κ2) is 6.97. The van der Waals surface area contributed by atoms with E-state index in [1.807, 2.05) is 48.5 Å². The van der Waals surface area contributed by atoms with Gasteiger partial charge in [-0.05, 0) is 53.9 Å². The molecule has 0 saturated heterocycles. The van der Waals surface area contributed by atoms with Crippen molar-refractivity contribution in [1.29, 1.82) is 0 Å². The fourth-order valence-corrected chi connectivity index (χ4v) is 5.18. The van der Waals surface area contributed by atoms with Gasteiger partial charge in [-0.3, -0.25) is 4.79 Å². The van der Waals surface area contributed by atoms with Crippen LogP contribution in [0.25, 0.3) is 6.08 Å². The van der Waals surface area contributed by atoms with Gasteiger partial charge in [-0.15, -0.1) is 0 Å². The number of anilines is 1. The number of amides is 1. The number of hydrogen-bond donors (Lipinski definition) is 2. The second-order valence-electron chi connectivity index (χ2n) is 8.35. The Bertz CT molecular complexity index is 996. The third-order valence-electron chi connectivity index (χ3n) is 6.65. The molecular weight excluding hydrogens is 362 g/mol. The van der Waals surface area contributed by atoms with Crippen LogP contribution in [0.15, 0.2) is 66.8 Å². The van der Waals surface area contributed by atoms with Gasteiger partial charge in [0.05, 0.1) is 0 Å². The number of aliphatic hydroxyl groups is 1. The molecule has 5 unspecified atom stereocenters. The number of fused-ring (bicyclic) bond motifs is 3. The predicted molar refractivity (Wildman–Crippen MR) is 113 cm³/mol. The van der Waals surface area contributed by atoms with Crippen molar-refractivity contribution in [3.63, 3.8) is 0 Å². The first-order valence-electron chi connectivity index (χ1n) is 10.2. The number of carbonyl (C=O) groups excluding carboxylic acids is 1. The Hall–Kier alpha value is -2.69. The fourth-order valence-electron chi connectivity index (χ4n) is 5.18. The van der Waals surface area contributed by atoms with Crippen LogP contribution in [0.5, 0.6) is 0 Å². The molecule has 1 amide bonds. The van der Waals surface area contributed by atoms with E-state index in [-0.39, 0.29) is 5.91 Å². The van der Waals surface area contributed by atoms with Gasteiger partial charge in [0.15, 0.2) is 11.7 Å². The normalized spacial score (nSPS) is 32.6. The monoisotopic (exact) mass is 387 g/mol. The molecule has 2 aliphatic carbocycles. The molecule has 2 aromatic rings. The Balaban J connectivity index is 1.55. The zero-order valence-corrected chi connectivity index (χ0v) is 16.4. The first-order chi connectivity index (χ1) is 14.1. The number of carbonyl (C=O) groups is 1. The van der Waals surface area contributed by atoms with E-state index < -0.39 is 11.7 Å². The first-order valence-corrected chi connectivity index (χ1v) is 10.2. The van der Waals surface area contributed by atoms with Gasteiger partial charge in [0.2, 0.25) is 0 Å². The molecule has 148 valence electrons. The smallest absolute Gasteiger partial charge is 0.257 e. The molecule has 2 bridgehead atoms. The van der Waals surface area contributed by atoms with E-state index in [1.54, 1.807) is 0 Å². The lowest BCUT2D eigenvalue weighted by atomic mass is 9.77. The van der Waals surface area contributed by atoms with E-state index in [0.29, 0.717) is 28.7 Å². The molecule has 3 aliphatic rings. The van der Waals surface area contributed by atoms with Crippen LogP contribution in [0, 0.1) is 17.8 Å². The molecule has 4 heteroatoms. The topological polar surface area (TPSA) is 58.6 Å². The highest BCUT2D eigenvalue weighted by Crippen LogP contribution is 2.45. The van der Waals surface area contributed by atoms with Crippen molar-refractivity contribution in [1.82, 2.24) is 0 Å². The van der Waals surface area contributed by atoms with Crippen molar-refractivity contribution in [3.8, 4) is 0 Å². The summed E-state index contributed by atoms with van der Waals surface area (Å²) in [6.45, 7) is 0. The number of hydrogen-bond acceptors (Lipinski definition) is 3. The predicted octanol–water partition coefficient (Wildman–Crippen LogP) is 4.12. The van der Waals surface area contributed by atoms with Crippen LogP contribution in [0.2, 0.25) is 0 Å². The molecule has 5 atom stereocenters. The Kier molecular flexibility index (Phi) is 4.41. The number of rotatable bonds is 4. The van der Waals surface area contributed by atoms with Gasteiger partial charge in [0.1, 0.15) is 0 Å². The maximum atomic E-state index is 12.6. The summed E-state index contributed by atoms with van der Waals surface area (Å²) in [5, 5.41) is 14.7. The highest BCUT2D eigenvalue weighted by Gasteiger charge is 2.49. The largest absolute Gasteiger partial charge is 0.377 e. The standard InChI is InChI=1S/C25H25NO3/c1-29-23-24(27)26-22-12-9-16(7-10-18-13-17-8-11-19(18)14-17)15-21(22)25(23,28)20-5-3-2-4-6-20/h2-12,15,17-19,23,28H,13-14H2,1H3,(H,26,27). The average molecular weight is 387 g/mol. The van der Waals surface area contributed by atoms with Crippen molar-refractivity contribution >= 4 is 17.7 Å². The van der Waals surface area contributed by atoms with Crippen LogP contribution < -0.4 is 5.32 Å². The maximum absolute atomic E-state index is 12.6. The average Bonchev–Trinajstić information content (AvgIpc) is 3.37. The van der Waals surface area contributed by atoms with Gasteiger partial charge in [0, 0.05) is 18.4 Å². The maximum Gasteiger partial charge on any atom is 0.257 e. The molecule has 1 heterocycles. The van der Waals surface area contributed by atoms with Crippen molar-refractivity contribution < 1.29 is 14.6 Å². The van der Waals surface area contributed by atoms with Gasteiger partial charge in [-0.1, -0.05) is 60.7 Å². The number of nitrogens with one attached hydrogen (secondary N) is 1. The lowest BCUT2D eigenvalue weighted by Crippen LogP contribution is -2.52. The fraction of sp³-hybridized carbons (Fsp3) is 0.320. The molecule has 5 rings (SSSR count). The second-order valence-corrected chi connectivity index (χ2v) is 8.35. The molecule has 29 heavy (non-hydrogen) atoms. The summed E-state index contributed by atoms with van der Waals surface area (Å²) in [6.07, 6.45) is 10.6. The highest BCUT2D eigenvalue weighted by atomic mass is 16.5. The highest BCUT2D eigenvalue weighted by molar-refractivity contribution is 5.99. The number of ether oxygens (including phenoxy) is 1. The minimum atomic E-state index is -1.55. The zero-order chi connectivity index (χ0) is 20.0. The molecule has 1 fully saturated rings. The SMILES string of the molecule is COC1C(=O)Nc2ccc(C=CC3CC4C=CC3C4)cc2C1(O)c1ccccc1. The van der Waals surface area contributed by atoms with E-state index in [2.05, 4.69) is 29.6 Å². The van der Waals surface area contributed by atoms with Gasteiger partial charge in [-0.25, -0.2) is 0 Å². The van der Waals surface area contributed by atoms with Gasteiger partial charge in [0.25, 0.3) is 5.91 Å². The quantitative estimate of drug-likeness (QED) is 0.776. The third kappa shape index (κ3) is 2.95. The summed E-state index contributed by atoms with van der Waals surface area (Å²) in [6, 6.07) is 15.1. The number of allylic oxidation sites excluding steroid dienone is 3. The van der Waals surface area contributed by atoms with Crippen molar-refractivity contribution in [2.45, 2.75) is 24.5 Å². The van der Waals surface area contributed by atoms with Crippen LogP contribution in [0.4, 0.5) is 5.69 Å².